The summed E-state index contributed by atoms with van der Waals surface area (Å²) in [6.07, 6.45) is -0.423. The van der Waals surface area contributed by atoms with Gasteiger partial charge in [0.25, 0.3) is 10.0 Å². The molecule has 0 radical (unpaired) electrons. The molecule has 2 heterocycles. The number of aromatic nitrogens is 2. The van der Waals surface area contributed by atoms with Gasteiger partial charge in [0.2, 0.25) is 0 Å². The summed E-state index contributed by atoms with van der Waals surface area (Å²) >= 11 is 5.76. The van der Waals surface area contributed by atoms with Crippen LogP contribution < -0.4 is 10.6 Å². The first kappa shape index (κ1) is 23.1. The summed E-state index contributed by atoms with van der Waals surface area (Å²) in [6.45, 7) is 0.397. The van der Waals surface area contributed by atoms with Gasteiger partial charge in [-0.05, 0) is 55.1 Å². The van der Waals surface area contributed by atoms with Crippen LogP contribution in [0.25, 0.3) is 10.9 Å². The first-order valence-electron chi connectivity index (χ1n) is 9.69. The third-order valence-electron chi connectivity index (χ3n) is 4.98. The smallest absolute Gasteiger partial charge is 0.355 e. The predicted molar refractivity (Wildman–Crippen MR) is 121 cm³/mol. The maximum Gasteiger partial charge on any atom is 0.418 e. The van der Waals surface area contributed by atoms with Gasteiger partial charge in [-0.1, -0.05) is 17.7 Å². The largest absolute Gasteiger partial charge is 0.418 e. The summed E-state index contributed by atoms with van der Waals surface area (Å²) in [4.78, 5) is 3.87. The minimum absolute atomic E-state index is 0.00618. The van der Waals surface area contributed by atoms with Gasteiger partial charge in [0.1, 0.15) is 4.90 Å². The number of benzene rings is 2. The van der Waals surface area contributed by atoms with Crippen LogP contribution in [0.2, 0.25) is 5.02 Å². The van der Waals surface area contributed by atoms with Crippen molar-refractivity contribution in [2.24, 2.45) is 0 Å². The van der Waals surface area contributed by atoms with Crippen molar-refractivity contribution in [2.45, 2.75) is 17.6 Å². The quantitative estimate of drug-likeness (QED) is 0.375. The molecular formula is C22H18ClF3N4O2S. The van der Waals surface area contributed by atoms with Crippen LogP contribution in [-0.4, -0.2) is 24.4 Å². The van der Waals surface area contributed by atoms with Crippen molar-refractivity contribution in [3.8, 4) is 0 Å². The fourth-order valence-corrected chi connectivity index (χ4v) is 5.02. The maximum absolute atomic E-state index is 13.5. The third-order valence-corrected chi connectivity index (χ3v) is 6.87. The Kier molecular flexibility index (Phi) is 6.08. The average molecular weight is 495 g/mol. The second kappa shape index (κ2) is 8.69. The van der Waals surface area contributed by atoms with Gasteiger partial charge in [-0.3, -0.25) is 4.98 Å². The van der Waals surface area contributed by atoms with Crippen molar-refractivity contribution in [3.63, 3.8) is 0 Å². The molecule has 4 rings (SSSR count). The van der Waals surface area contributed by atoms with Crippen molar-refractivity contribution in [1.29, 1.82) is 0 Å². The SMILES string of the molecule is CNCc1cn(S(=O)(=O)c2cccnc2)c2cc(Nc3ccc(Cl)cc3C(F)(F)F)ccc12. The Morgan fingerprint density at radius 1 is 1.12 bits per heavy atom. The van der Waals surface area contributed by atoms with Crippen molar-refractivity contribution < 1.29 is 21.6 Å². The summed E-state index contributed by atoms with van der Waals surface area (Å²) in [5.41, 5.74) is 0.192. The molecule has 0 saturated heterocycles. The number of pyridine rings is 1. The Morgan fingerprint density at radius 2 is 1.91 bits per heavy atom. The number of halogens is 4. The molecule has 0 aliphatic rings. The van der Waals surface area contributed by atoms with E-state index < -0.39 is 21.8 Å². The van der Waals surface area contributed by atoms with Crippen LogP contribution in [0, 0.1) is 0 Å². The van der Waals surface area contributed by atoms with E-state index in [1.165, 1.54) is 48.9 Å². The zero-order chi connectivity index (χ0) is 23.8. The van der Waals surface area contributed by atoms with Crippen molar-refractivity contribution in [3.05, 3.63) is 83.3 Å². The van der Waals surface area contributed by atoms with E-state index in [2.05, 4.69) is 15.6 Å². The molecule has 2 aromatic heterocycles. The molecule has 0 spiro atoms. The maximum atomic E-state index is 13.5. The zero-order valence-electron chi connectivity index (χ0n) is 17.2. The molecule has 6 nitrogen and oxygen atoms in total. The Bertz CT molecular complexity index is 1420. The Labute approximate surface area is 193 Å². The van der Waals surface area contributed by atoms with E-state index in [-0.39, 0.29) is 21.3 Å². The monoisotopic (exact) mass is 494 g/mol. The summed E-state index contributed by atoms with van der Waals surface area (Å²) in [7, 11) is -2.26. The molecule has 2 N–H and O–H groups in total. The van der Waals surface area contributed by atoms with Crippen LogP contribution in [0.1, 0.15) is 11.1 Å². The molecule has 11 heteroatoms. The molecule has 0 atom stereocenters. The van der Waals surface area contributed by atoms with Gasteiger partial charge < -0.3 is 10.6 Å². The number of anilines is 2. The van der Waals surface area contributed by atoms with Gasteiger partial charge in [0.05, 0.1) is 16.8 Å². The second-order valence-corrected chi connectivity index (χ2v) is 9.47. The van der Waals surface area contributed by atoms with Crippen LogP contribution in [-0.2, 0) is 22.7 Å². The number of alkyl halides is 3. The van der Waals surface area contributed by atoms with Gasteiger partial charge in [0.15, 0.2) is 0 Å². The molecular weight excluding hydrogens is 477 g/mol. The Hall–Kier alpha value is -3.08. The van der Waals surface area contributed by atoms with E-state index in [0.29, 0.717) is 23.0 Å². The number of fused-ring (bicyclic) bond motifs is 1. The van der Waals surface area contributed by atoms with Gasteiger partial charge in [-0.2, -0.15) is 13.2 Å². The molecule has 0 aliphatic carbocycles. The summed E-state index contributed by atoms with van der Waals surface area (Å²) in [5.74, 6) is 0. The number of nitrogens with zero attached hydrogens (tertiary/aromatic N) is 2. The fourth-order valence-electron chi connectivity index (χ4n) is 3.50. The molecule has 0 aliphatic heterocycles. The number of nitrogens with one attached hydrogen (secondary N) is 2. The van der Waals surface area contributed by atoms with Gasteiger partial charge in [0, 0.05) is 41.2 Å². The molecule has 0 saturated carbocycles. The molecule has 0 fully saturated rings. The lowest BCUT2D eigenvalue weighted by molar-refractivity contribution is -0.136. The van der Waals surface area contributed by atoms with Crippen LogP contribution in [0.3, 0.4) is 0 Å². The highest BCUT2D eigenvalue weighted by molar-refractivity contribution is 7.90. The van der Waals surface area contributed by atoms with E-state index in [9.17, 15) is 21.6 Å². The van der Waals surface area contributed by atoms with E-state index in [4.69, 9.17) is 11.6 Å². The topological polar surface area (TPSA) is 76.0 Å². The summed E-state index contributed by atoms with van der Waals surface area (Å²) < 4.78 is 68.1. The van der Waals surface area contributed by atoms with Crippen molar-refractivity contribution >= 4 is 43.9 Å². The number of hydrogen-bond acceptors (Lipinski definition) is 5. The van der Waals surface area contributed by atoms with Crippen molar-refractivity contribution in [1.82, 2.24) is 14.3 Å². The standard InChI is InChI=1S/C22H18ClF3N4O2S/c1-27-11-14-13-30(33(31,32)17-3-2-8-28-12-17)21-10-16(5-6-18(14)21)29-20-7-4-15(23)9-19(20)22(24,25)26/h2-10,12-13,27,29H,11H2,1H3. The lowest BCUT2D eigenvalue weighted by atomic mass is 10.1. The summed E-state index contributed by atoms with van der Waals surface area (Å²) in [5, 5.41) is 6.34. The van der Waals surface area contributed by atoms with E-state index in [1.54, 1.807) is 19.2 Å². The molecule has 4 aromatic rings. The van der Waals surface area contributed by atoms with E-state index >= 15 is 0 Å². The summed E-state index contributed by atoms with van der Waals surface area (Å²) in [6, 6.07) is 11.1. The third kappa shape index (κ3) is 4.54. The van der Waals surface area contributed by atoms with Crippen LogP contribution in [0.5, 0.6) is 0 Å². The van der Waals surface area contributed by atoms with E-state index in [1.807, 2.05) is 0 Å². The second-order valence-electron chi connectivity index (χ2n) is 7.22. The Morgan fingerprint density at radius 3 is 2.58 bits per heavy atom. The zero-order valence-corrected chi connectivity index (χ0v) is 18.8. The minimum atomic E-state index is -4.62. The highest BCUT2D eigenvalue weighted by Gasteiger charge is 2.34. The molecule has 33 heavy (non-hydrogen) atoms. The number of hydrogen-bond donors (Lipinski definition) is 2. The minimum Gasteiger partial charge on any atom is -0.355 e. The highest BCUT2D eigenvalue weighted by atomic mass is 35.5. The van der Waals surface area contributed by atoms with E-state index in [0.717, 1.165) is 10.0 Å². The fraction of sp³-hybridized carbons (Fsp3) is 0.136. The predicted octanol–water partition coefficient (Wildman–Crippen LogP) is 5.41. The normalized spacial score (nSPS) is 12.3. The highest BCUT2D eigenvalue weighted by Crippen LogP contribution is 2.38. The molecule has 0 unspecified atom stereocenters. The lowest BCUT2D eigenvalue weighted by Gasteiger charge is -2.15. The molecule has 2 aromatic carbocycles. The molecule has 0 bridgehead atoms. The Balaban J connectivity index is 1.85. The van der Waals surface area contributed by atoms with Crippen molar-refractivity contribution in [2.75, 3.05) is 12.4 Å². The van der Waals surface area contributed by atoms with Crippen LogP contribution in [0.4, 0.5) is 24.5 Å². The first-order chi connectivity index (χ1) is 15.6. The number of rotatable bonds is 6. The molecule has 172 valence electrons. The molecule has 0 amide bonds. The van der Waals surface area contributed by atoms with Gasteiger partial charge >= 0.3 is 6.18 Å². The first-order valence-corrected chi connectivity index (χ1v) is 11.5. The van der Waals surface area contributed by atoms with Crippen LogP contribution in [0.15, 0.2) is 72.0 Å². The average Bonchev–Trinajstić information content (AvgIpc) is 3.14. The lowest BCUT2D eigenvalue weighted by Crippen LogP contribution is -2.12. The van der Waals surface area contributed by atoms with Gasteiger partial charge in [-0.25, -0.2) is 12.4 Å². The van der Waals surface area contributed by atoms with Gasteiger partial charge in [-0.15, -0.1) is 0 Å². The van der Waals surface area contributed by atoms with Crippen LogP contribution >= 0.6 is 11.6 Å².